The van der Waals surface area contributed by atoms with Crippen LogP contribution >= 0.6 is 11.6 Å². The van der Waals surface area contributed by atoms with Crippen molar-refractivity contribution in [3.05, 3.63) is 101 Å². The highest BCUT2D eigenvalue weighted by molar-refractivity contribution is 6.34. The van der Waals surface area contributed by atoms with Crippen molar-refractivity contribution >= 4 is 28.3 Å². The first kappa shape index (κ1) is 18.9. The fourth-order valence-electron chi connectivity index (χ4n) is 2.90. The summed E-state index contributed by atoms with van der Waals surface area (Å²) in [6.07, 6.45) is 3.50. The Balaban J connectivity index is 1.36. The van der Waals surface area contributed by atoms with Crippen LogP contribution in [0.5, 0.6) is 5.75 Å². The van der Waals surface area contributed by atoms with Gasteiger partial charge in [-0.3, -0.25) is 9.78 Å². The molecule has 1 amide bonds. The number of ether oxygens (including phenoxy) is 1. The molecule has 0 saturated heterocycles. The van der Waals surface area contributed by atoms with Crippen LogP contribution < -0.4 is 10.1 Å². The lowest BCUT2D eigenvalue weighted by Gasteiger charge is -2.09. The maximum atomic E-state index is 12.5. The topological polar surface area (TPSA) is 64.1 Å². The lowest BCUT2D eigenvalue weighted by atomic mass is 10.1. The summed E-state index contributed by atoms with van der Waals surface area (Å²) in [4.78, 5) is 20.8. The molecule has 0 unspecified atom stereocenters. The van der Waals surface area contributed by atoms with Crippen LogP contribution in [0.1, 0.15) is 21.6 Å². The normalized spacial score (nSPS) is 10.7. The highest BCUT2D eigenvalue weighted by Crippen LogP contribution is 2.22. The van der Waals surface area contributed by atoms with E-state index in [0.717, 1.165) is 27.6 Å². The summed E-state index contributed by atoms with van der Waals surface area (Å²) in [5.41, 5.74) is 2.26. The zero-order valence-electron chi connectivity index (χ0n) is 15.5. The average Bonchev–Trinajstić information content (AvgIpc) is 2.77. The third kappa shape index (κ3) is 4.70. The van der Waals surface area contributed by atoms with E-state index < -0.39 is 0 Å². The maximum Gasteiger partial charge on any atom is 0.270 e. The van der Waals surface area contributed by atoms with Crippen molar-refractivity contribution in [2.45, 2.75) is 13.2 Å². The fraction of sp³-hybridized carbons (Fsp3) is 0.0870. The standard InChI is InChI=1S/C23H18ClN3O2/c24-22-20-6-2-1-5-18(20)12-21(27-22)23(28)26-14-16-7-9-19(10-8-16)29-15-17-4-3-11-25-13-17/h1-13H,14-15H2,(H,26,28). The number of fused-ring (bicyclic) bond motifs is 1. The number of amides is 1. The molecule has 0 aliphatic rings. The lowest BCUT2D eigenvalue weighted by Crippen LogP contribution is -2.23. The molecule has 2 aromatic carbocycles. The smallest absolute Gasteiger partial charge is 0.270 e. The minimum atomic E-state index is -0.269. The highest BCUT2D eigenvalue weighted by atomic mass is 35.5. The van der Waals surface area contributed by atoms with Crippen molar-refractivity contribution in [3.8, 4) is 5.75 Å². The molecule has 6 heteroatoms. The van der Waals surface area contributed by atoms with Crippen molar-refractivity contribution in [1.82, 2.24) is 15.3 Å². The van der Waals surface area contributed by atoms with Crippen LogP contribution in [0, 0.1) is 0 Å². The Morgan fingerprint density at radius 1 is 1.00 bits per heavy atom. The number of hydrogen-bond donors (Lipinski definition) is 1. The maximum absolute atomic E-state index is 12.5. The van der Waals surface area contributed by atoms with E-state index in [-0.39, 0.29) is 5.91 Å². The van der Waals surface area contributed by atoms with Gasteiger partial charge in [-0.05, 0) is 35.2 Å². The summed E-state index contributed by atoms with van der Waals surface area (Å²) in [6.45, 7) is 0.839. The van der Waals surface area contributed by atoms with Crippen LogP contribution in [0.2, 0.25) is 5.15 Å². The minimum Gasteiger partial charge on any atom is -0.489 e. The predicted octanol–water partition coefficient (Wildman–Crippen LogP) is 4.79. The molecule has 0 saturated carbocycles. The highest BCUT2D eigenvalue weighted by Gasteiger charge is 2.11. The third-order valence-electron chi connectivity index (χ3n) is 4.43. The number of hydrogen-bond acceptors (Lipinski definition) is 4. The molecule has 29 heavy (non-hydrogen) atoms. The second-order valence-electron chi connectivity index (χ2n) is 6.50. The van der Waals surface area contributed by atoms with E-state index in [2.05, 4.69) is 15.3 Å². The van der Waals surface area contributed by atoms with Crippen molar-refractivity contribution < 1.29 is 9.53 Å². The molecule has 0 bridgehead atoms. The van der Waals surface area contributed by atoms with Crippen molar-refractivity contribution in [3.63, 3.8) is 0 Å². The number of nitrogens with zero attached hydrogens (tertiary/aromatic N) is 2. The molecule has 4 aromatic rings. The third-order valence-corrected chi connectivity index (χ3v) is 4.72. The van der Waals surface area contributed by atoms with Gasteiger partial charge in [0.25, 0.3) is 5.91 Å². The Morgan fingerprint density at radius 2 is 1.83 bits per heavy atom. The van der Waals surface area contributed by atoms with Gasteiger partial charge in [0, 0.05) is 29.9 Å². The van der Waals surface area contributed by atoms with Gasteiger partial charge in [0.15, 0.2) is 0 Å². The van der Waals surface area contributed by atoms with Gasteiger partial charge < -0.3 is 10.1 Å². The van der Waals surface area contributed by atoms with Crippen LogP contribution in [-0.4, -0.2) is 15.9 Å². The number of nitrogens with one attached hydrogen (secondary N) is 1. The minimum absolute atomic E-state index is 0.269. The fourth-order valence-corrected chi connectivity index (χ4v) is 3.16. The van der Waals surface area contributed by atoms with E-state index in [9.17, 15) is 4.79 Å². The first-order valence-electron chi connectivity index (χ1n) is 9.13. The molecule has 2 heterocycles. The van der Waals surface area contributed by atoms with Gasteiger partial charge in [-0.25, -0.2) is 4.98 Å². The summed E-state index contributed by atoms with van der Waals surface area (Å²) >= 11 is 6.21. The first-order chi connectivity index (χ1) is 14.2. The predicted molar refractivity (Wildman–Crippen MR) is 113 cm³/mol. The van der Waals surface area contributed by atoms with Crippen LogP contribution in [0.4, 0.5) is 0 Å². The number of benzene rings is 2. The van der Waals surface area contributed by atoms with Gasteiger partial charge in [-0.15, -0.1) is 0 Å². The molecule has 0 aliphatic carbocycles. The van der Waals surface area contributed by atoms with Gasteiger partial charge in [0.05, 0.1) is 0 Å². The summed E-state index contributed by atoms with van der Waals surface area (Å²) in [5.74, 6) is 0.487. The lowest BCUT2D eigenvalue weighted by molar-refractivity contribution is 0.0946. The van der Waals surface area contributed by atoms with Crippen molar-refractivity contribution in [2.24, 2.45) is 0 Å². The van der Waals surface area contributed by atoms with Gasteiger partial charge in [-0.1, -0.05) is 54.1 Å². The molecular weight excluding hydrogens is 386 g/mol. The largest absolute Gasteiger partial charge is 0.489 e. The molecule has 2 aromatic heterocycles. The molecule has 4 rings (SSSR count). The van der Waals surface area contributed by atoms with Crippen LogP contribution in [0.3, 0.4) is 0 Å². The molecule has 5 nitrogen and oxygen atoms in total. The van der Waals surface area contributed by atoms with Crippen molar-refractivity contribution in [2.75, 3.05) is 0 Å². The molecule has 0 fully saturated rings. The summed E-state index contributed by atoms with van der Waals surface area (Å²) in [6, 6.07) is 20.7. The zero-order valence-corrected chi connectivity index (χ0v) is 16.3. The second kappa shape index (κ2) is 8.71. The number of carbonyl (C=O) groups is 1. The van der Waals surface area contributed by atoms with Crippen LogP contribution in [-0.2, 0) is 13.2 Å². The van der Waals surface area contributed by atoms with Gasteiger partial charge >= 0.3 is 0 Å². The summed E-state index contributed by atoms with van der Waals surface area (Å²) < 4.78 is 5.74. The molecule has 0 spiro atoms. The number of carbonyl (C=O) groups excluding carboxylic acids is 1. The van der Waals surface area contributed by atoms with Gasteiger partial charge in [0.1, 0.15) is 23.2 Å². The van der Waals surface area contributed by atoms with Crippen molar-refractivity contribution in [1.29, 1.82) is 0 Å². The Hall–Kier alpha value is -3.44. The summed E-state index contributed by atoms with van der Waals surface area (Å²) in [5, 5.41) is 4.91. The quantitative estimate of drug-likeness (QED) is 0.470. The average molecular weight is 404 g/mol. The number of halogens is 1. The SMILES string of the molecule is O=C(NCc1ccc(OCc2cccnc2)cc1)c1cc2ccccc2c(Cl)n1. The molecule has 0 radical (unpaired) electrons. The number of rotatable bonds is 6. The van der Waals surface area contributed by atoms with E-state index >= 15 is 0 Å². The molecule has 144 valence electrons. The molecular formula is C23H18ClN3O2. The van der Waals surface area contributed by atoms with E-state index in [4.69, 9.17) is 16.3 Å². The zero-order chi connectivity index (χ0) is 20.1. The van der Waals surface area contributed by atoms with Crippen LogP contribution in [0.25, 0.3) is 10.8 Å². The molecule has 0 aliphatic heterocycles. The Labute approximate surface area is 173 Å². The Kier molecular flexibility index (Phi) is 5.68. The molecule has 1 N–H and O–H groups in total. The van der Waals surface area contributed by atoms with E-state index in [0.29, 0.717) is 24.0 Å². The first-order valence-corrected chi connectivity index (χ1v) is 9.51. The monoisotopic (exact) mass is 403 g/mol. The van der Waals surface area contributed by atoms with E-state index in [1.165, 1.54) is 0 Å². The Morgan fingerprint density at radius 3 is 2.62 bits per heavy atom. The van der Waals surface area contributed by atoms with E-state index in [1.54, 1.807) is 18.5 Å². The van der Waals surface area contributed by atoms with E-state index in [1.807, 2.05) is 60.7 Å². The van der Waals surface area contributed by atoms with Crippen LogP contribution in [0.15, 0.2) is 79.1 Å². The van der Waals surface area contributed by atoms with Gasteiger partial charge in [-0.2, -0.15) is 0 Å². The molecule has 0 atom stereocenters. The Bertz CT molecular complexity index is 1130. The summed E-state index contributed by atoms with van der Waals surface area (Å²) in [7, 11) is 0. The number of pyridine rings is 2. The van der Waals surface area contributed by atoms with Gasteiger partial charge in [0.2, 0.25) is 0 Å². The number of aromatic nitrogens is 2. The second-order valence-corrected chi connectivity index (χ2v) is 6.85.